The van der Waals surface area contributed by atoms with Gasteiger partial charge in [0.05, 0.1) is 29.4 Å². The molecule has 1 saturated carbocycles. The highest BCUT2D eigenvalue weighted by Gasteiger charge is 2.51. The molecular formula is C27H29ClF3N7O2. The first kappa shape index (κ1) is 27.8. The second kappa shape index (κ2) is 9.73. The zero-order valence-electron chi connectivity index (χ0n) is 22.3. The van der Waals surface area contributed by atoms with E-state index in [0.29, 0.717) is 29.9 Å². The standard InChI is InChI=1S/C27H29ClF3N7O2/c1-25(2,3)40-24(39)36-7-6-26(15-36)9-18(10-26)38-23(33)19(11-32)22(35-38)17-12-34-37(14-17)13-16-4-5-21(28)20(8-16)27(29,30)31/h4-5,8,12,14,18H,6-7,9-10,13,15,33H2,1-3H3/t18-,26-. The molecule has 1 amide bonds. The number of nitrogen functional groups attached to an aromatic ring is 1. The molecule has 2 aromatic heterocycles. The number of aromatic nitrogens is 4. The number of benzene rings is 1. The van der Waals surface area contributed by atoms with E-state index >= 15 is 0 Å². The van der Waals surface area contributed by atoms with Crippen LogP contribution in [0.15, 0.2) is 30.6 Å². The number of hydrogen-bond donors (Lipinski definition) is 1. The highest BCUT2D eigenvalue weighted by Crippen LogP contribution is 2.55. The quantitative estimate of drug-likeness (QED) is 0.415. The Balaban J connectivity index is 1.30. The van der Waals surface area contributed by atoms with Crippen LogP contribution in [0, 0.1) is 16.7 Å². The molecule has 1 spiro atoms. The number of rotatable bonds is 4. The molecule has 5 rings (SSSR count). The summed E-state index contributed by atoms with van der Waals surface area (Å²) < 4.78 is 48.4. The number of likely N-dealkylation sites (tertiary alicyclic amines) is 1. The van der Waals surface area contributed by atoms with Crippen LogP contribution < -0.4 is 5.73 Å². The van der Waals surface area contributed by atoms with Gasteiger partial charge in [-0.25, -0.2) is 9.48 Å². The van der Waals surface area contributed by atoms with Gasteiger partial charge in [-0.15, -0.1) is 0 Å². The minimum atomic E-state index is -4.57. The van der Waals surface area contributed by atoms with Crippen molar-refractivity contribution in [1.82, 2.24) is 24.5 Å². The summed E-state index contributed by atoms with van der Waals surface area (Å²) in [5.74, 6) is 0.250. The molecule has 0 unspecified atom stereocenters. The van der Waals surface area contributed by atoms with Crippen molar-refractivity contribution in [2.75, 3.05) is 18.8 Å². The van der Waals surface area contributed by atoms with E-state index in [2.05, 4.69) is 16.3 Å². The number of alkyl halides is 3. The van der Waals surface area contributed by atoms with Gasteiger partial charge in [0.2, 0.25) is 0 Å². The van der Waals surface area contributed by atoms with E-state index in [0.717, 1.165) is 25.3 Å². The molecule has 40 heavy (non-hydrogen) atoms. The largest absolute Gasteiger partial charge is 0.444 e. The van der Waals surface area contributed by atoms with Crippen molar-refractivity contribution in [2.24, 2.45) is 5.41 Å². The molecule has 3 heterocycles. The SMILES string of the molecule is CC(C)(C)OC(=O)N1CC[C@]2(C1)C[C@H](n1nc(-c3cnn(Cc4ccc(Cl)c(C(F)(F)F)c4)c3)c(C#N)c1N)C2. The third-order valence-electron chi connectivity index (χ3n) is 7.42. The topological polar surface area (TPSA) is 115 Å². The third-order valence-corrected chi connectivity index (χ3v) is 7.75. The van der Waals surface area contributed by atoms with Crippen molar-refractivity contribution in [3.63, 3.8) is 0 Å². The van der Waals surface area contributed by atoms with Crippen molar-refractivity contribution in [3.8, 4) is 17.3 Å². The molecule has 1 saturated heterocycles. The van der Waals surface area contributed by atoms with Gasteiger partial charge in [0.15, 0.2) is 0 Å². The maximum Gasteiger partial charge on any atom is 0.417 e. The third kappa shape index (κ3) is 5.35. The van der Waals surface area contributed by atoms with Crippen LogP contribution in [0.3, 0.4) is 0 Å². The molecule has 212 valence electrons. The van der Waals surface area contributed by atoms with Gasteiger partial charge in [0.1, 0.15) is 28.7 Å². The van der Waals surface area contributed by atoms with Gasteiger partial charge in [-0.05, 0) is 63.1 Å². The van der Waals surface area contributed by atoms with Gasteiger partial charge in [-0.3, -0.25) is 4.68 Å². The van der Waals surface area contributed by atoms with Crippen LogP contribution in [0.4, 0.5) is 23.8 Å². The molecule has 1 aliphatic heterocycles. The van der Waals surface area contributed by atoms with Gasteiger partial charge in [-0.2, -0.15) is 28.6 Å². The highest BCUT2D eigenvalue weighted by atomic mass is 35.5. The molecular weight excluding hydrogens is 547 g/mol. The number of nitrogens with zero attached hydrogens (tertiary/aromatic N) is 6. The first-order chi connectivity index (χ1) is 18.7. The lowest BCUT2D eigenvalue weighted by Crippen LogP contribution is -2.43. The summed E-state index contributed by atoms with van der Waals surface area (Å²) in [6.07, 6.45) is 0.625. The number of carbonyl (C=O) groups is 1. The molecule has 1 aliphatic carbocycles. The Morgan fingerprint density at radius 2 is 2.02 bits per heavy atom. The van der Waals surface area contributed by atoms with Crippen LogP contribution in [0.2, 0.25) is 5.02 Å². The Bertz CT molecular complexity index is 1490. The van der Waals surface area contributed by atoms with Crippen molar-refractivity contribution in [1.29, 1.82) is 5.26 Å². The Hall–Kier alpha value is -3.72. The molecule has 3 aromatic rings. The predicted octanol–water partition coefficient (Wildman–Crippen LogP) is 5.88. The zero-order chi connectivity index (χ0) is 29.0. The molecule has 2 aliphatic rings. The van der Waals surface area contributed by atoms with Crippen LogP contribution in [0.1, 0.15) is 62.8 Å². The normalized spacial score (nSPS) is 20.9. The number of amides is 1. The fourth-order valence-corrected chi connectivity index (χ4v) is 5.77. The zero-order valence-corrected chi connectivity index (χ0v) is 23.1. The van der Waals surface area contributed by atoms with Gasteiger partial charge in [0.25, 0.3) is 0 Å². The first-order valence-electron chi connectivity index (χ1n) is 12.8. The van der Waals surface area contributed by atoms with E-state index in [1.54, 1.807) is 15.8 Å². The highest BCUT2D eigenvalue weighted by molar-refractivity contribution is 6.31. The van der Waals surface area contributed by atoms with Gasteiger partial charge < -0.3 is 15.4 Å². The molecule has 9 nitrogen and oxygen atoms in total. The summed E-state index contributed by atoms with van der Waals surface area (Å²) in [4.78, 5) is 14.2. The van der Waals surface area contributed by atoms with Gasteiger partial charge in [0, 0.05) is 24.8 Å². The van der Waals surface area contributed by atoms with Crippen molar-refractivity contribution in [3.05, 3.63) is 52.3 Å². The summed E-state index contributed by atoms with van der Waals surface area (Å²) in [6.45, 7) is 6.81. The van der Waals surface area contributed by atoms with E-state index < -0.39 is 17.3 Å². The second-order valence-corrected chi connectivity index (χ2v) is 12.0. The van der Waals surface area contributed by atoms with E-state index in [9.17, 15) is 23.2 Å². The lowest BCUT2D eigenvalue weighted by molar-refractivity contribution is -0.137. The summed E-state index contributed by atoms with van der Waals surface area (Å²) in [5.41, 5.74) is 6.31. The van der Waals surface area contributed by atoms with E-state index in [-0.39, 0.29) is 40.5 Å². The van der Waals surface area contributed by atoms with Gasteiger partial charge in [-0.1, -0.05) is 17.7 Å². The smallest absolute Gasteiger partial charge is 0.417 e. The minimum Gasteiger partial charge on any atom is -0.444 e. The molecule has 0 bridgehead atoms. The van der Waals surface area contributed by atoms with E-state index in [1.165, 1.54) is 23.0 Å². The number of hydrogen-bond acceptors (Lipinski definition) is 6. The average Bonchev–Trinajstić information content (AvgIpc) is 3.54. The molecule has 0 radical (unpaired) electrons. The fraction of sp³-hybridized carbons (Fsp3) is 0.481. The molecule has 2 N–H and O–H groups in total. The van der Waals surface area contributed by atoms with Crippen molar-refractivity contribution >= 4 is 23.5 Å². The summed E-state index contributed by atoms with van der Waals surface area (Å²) in [7, 11) is 0. The van der Waals surface area contributed by atoms with Gasteiger partial charge >= 0.3 is 12.3 Å². The molecule has 1 aromatic carbocycles. The minimum absolute atomic E-state index is 0.0238. The lowest BCUT2D eigenvalue weighted by atomic mass is 9.65. The molecule has 0 atom stereocenters. The first-order valence-corrected chi connectivity index (χ1v) is 13.2. The Kier molecular flexibility index (Phi) is 6.77. The van der Waals surface area contributed by atoms with E-state index in [4.69, 9.17) is 22.1 Å². The molecule has 13 heteroatoms. The number of nitrogens with two attached hydrogens (primary N) is 1. The number of carbonyl (C=O) groups excluding carboxylic acids is 1. The Labute approximate surface area is 234 Å². The van der Waals surface area contributed by atoms with Crippen LogP contribution >= 0.6 is 11.6 Å². The van der Waals surface area contributed by atoms with Crippen LogP contribution in [0.25, 0.3) is 11.3 Å². The van der Waals surface area contributed by atoms with Crippen molar-refractivity contribution < 1.29 is 22.7 Å². The second-order valence-electron chi connectivity index (χ2n) is 11.6. The number of nitriles is 1. The van der Waals surface area contributed by atoms with Crippen molar-refractivity contribution in [2.45, 2.75) is 64.4 Å². The Morgan fingerprint density at radius 1 is 1.30 bits per heavy atom. The maximum absolute atomic E-state index is 13.2. The summed E-state index contributed by atoms with van der Waals surface area (Å²) in [5, 5.41) is 18.4. The molecule has 2 fully saturated rings. The average molecular weight is 576 g/mol. The fourth-order valence-electron chi connectivity index (χ4n) is 5.55. The van der Waals surface area contributed by atoms with Crippen LogP contribution in [0.5, 0.6) is 0 Å². The lowest BCUT2D eigenvalue weighted by Gasteiger charge is -2.45. The van der Waals surface area contributed by atoms with E-state index in [1.807, 2.05) is 20.8 Å². The summed E-state index contributed by atoms with van der Waals surface area (Å²) in [6, 6.07) is 5.81. The Morgan fingerprint density at radius 3 is 2.67 bits per heavy atom. The number of anilines is 1. The summed E-state index contributed by atoms with van der Waals surface area (Å²) >= 11 is 5.73. The van der Waals surface area contributed by atoms with Crippen LogP contribution in [-0.4, -0.2) is 49.2 Å². The maximum atomic E-state index is 13.2. The monoisotopic (exact) mass is 575 g/mol. The number of halogens is 4. The van der Waals surface area contributed by atoms with Crippen LogP contribution in [-0.2, 0) is 17.5 Å². The number of ether oxygens (including phenoxy) is 1. The predicted molar refractivity (Wildman–Crippen MR) is 141 cm³/mol.